The van der Waals surface area contributed by atoms with Crippen LogP contribution in [0.5, 0.6) is 0 Å². The van der Waals surface area contributed by atoms with Crippen molar-refractivity contribution >= 4 is 11.8 Å². The van der Waals surface area contributed by atoms with Crippen molar-refractivity contribution in [1.29, 1.82) is 0 Å². The quantitative estimate of drug-likeness (QED) is 0.895. The molecular formula is C15H20N2O2. The van der Waals surface area contributed by atoms with Gasteiger partial charge in [0.25, 0.3) is 5.91 Å². The summed E-state index contributed by atoms with van der Waals surface area (Å²) in [6, 6.07) is 7.35. The first-order chi connectivity index (χ1) is 9.02. The highest BCUT2D eigenvalue weighted by Gasteiger charge is 2.40. The molecule has 102 valence electrons. The first-order valence-electron chi connectivity index (χ1n) is 6.59. The molecule has 19 heavy (non-hydrogen) atoms. The molecule has 1 fully saturated rings. The average molecular weight is 260 g/mol. The van der Waals surface area contributed by atoms with Crippen molar-refractivity contribution in [1.82, 2.24) is 10.2 Å². The topological polar surface area (TPSA) is 49.4 Å². The molecule has 1 aromatic carbocycles. The number of hydrogen-bond donors (Lipinski definition) is 1. The summed E-state index contributed by atoms with van der Waals surface area (Å²) in [5, 5.41) is 2.58. The van der Waals surface area contributed by atoms with Gasteiger partial charge >= 0.3 is 0 Å². The van der Waals surface area contributed by atoms with Gasteiger partial charge in [-0.1, -0.05) is 19.1 Å². The van der Waals surface area contributed by atoms with Crippen molar-refractivity contribution in [2.24, 2.45) is 11.8 Å². The molecule has 0 aliphatic heterocycles. The Morgan fingerprint density at radius 2 is 1.89 bits per heavy atom. The minimum absolute atomic E-state index is 0.0946. The van der Waals surface area contributed by atoms with Gasteiger partial charge in [0.05, 0.1) is 0 Å². The Kier molecular flexibility index (Phi) is 3.88. The summed E-state index contributed by atoms with van der Waals surface area (Å²) in [6.45, 7) is 2.70. The van der Waals surface area contributed by atoms with E-state index in [0.29, 0.717) is 18.0 Å². The van der Waals surface area contributed by atoms with Gasteiger partial charge in [0.2, 0.25) is 5.91 Å². The second kappa shape index (κ2) is 5.43. The van der Waals surface area contributed by atoms with Crippen LogP contribution in [0.15, 0.2) is 24.3 Å². The summed E-state index contributed by atoms with van der Waals surface area (Å²) in [7, 11) is 3.44. The van der Waals surface area contributed by atoms with Gasteiger partial charge < -0.3 is 10.2 Å². The van der Waals surface area contributed by atoms with Crippen molar-refractivity contribution in [2.75, 3.05) is 14.1 Å². The number of carbonyl (C=O) groups is 2. The first kappa shape index (κ1) is 13.6. The zero-order valence-electron chi connectivity index (χ0n) is 11.6. The van der Waals surface area contributed by atoms with Crippen LogP contribution in [0.1, 0.15) is 29.3 Å². The molecular weight excluding hydrogens is 240 g/mol. The third kappa shape index (κ3) is 3.13. The fourth-order valence-corrected chi connectivity index (χ4v) is 2.21. The lowest BCUT2D eigenvalue weighted by Crippen LogP contribution is -2.28. The zero-order chi connectivity index (χ0) is 14.0. The third-order valence-electron chi connectivity index (χ3n) is 3.67. The smallest absolute Gasteiger partial charge is 0.251 e. The Hall–Kier alpha value is -1.84. The van der Waals surface area contributed by atoms with E-state index in [4.69, 9.17) is 0 Å². The Bertz CT molecular complexity index is 481. The van der Waals surface area contributed by atoms with E-state index >= 15 is 0 Å². The van der Waals surface area contributed by atoms with Gasteiger partial charge in [0.15, 0.2) is 0 Å². The van der Waals surface area contributed by atoms with Crippen LogP contribution in [0.3, 0.4) is 0 Å². The number of nitrogens with zero attached hydrogens (tertiary/aromatic N) is 1. The van der Waals surface area contributed by atoms with E-state index in [-0.39, 0.29) is 17.7 Å². The van der Waals surface area contributed by atoms with Gasteiger partial charge in [0, 0.05) is 32.1 Å². The molecule has 1 aromatic rings. The van der Waals surface area contributed by atoms with Crippen LogP contribution in [0.4, 0.5) is 0 Å². The summed E-state index contributed by atoms with van der Waals surface area (Å²) < 4.78 is 0. The summed E-state index contributed by atoms with van der Waals surface area (Å²) >= 11 is 0. The molecule has 4 nitrogen and oxygen atoms in total. The first-order valence-corrected chi connectivity index (χ1v) is 6.59. The fourth-order valence-electron chi connectivity index (χ4n) is 2.21. The van der Waals surface area contributed by atoms with Gasteiger partial charge in [-0.2, -0.15) is 0 Å². The number of nitrogens with one attached hydrogen (secondary N) is 1. The molecule has 1 aliphatic carbocycles. The van der Waals surface area contributed by atoms with Crippen molar-refractivity contribution in [3.63, 3.8) is 0 Å². The molecule has 0 unspecified atom stereocenters. The number of carbonyl (C=O) groups excluding carboxylic acids is 2. The fraction of sp³-hybridized carbons (Fsp3) is 0.467. The highest BCUT2D eigenvalue weighted by Crippen LogP contribution is 2.39. The normalized spacial score (nSPS) is 20.8. The third-order valence-corrected chi connectivity index (χ3v) is 3.67. The second-order valence-corrected chi connectivity index (χ2v) is 5.29. The number of hydrogen-bond acceptors (Lipinski definition) is 2. The van der Waals surface area contributed by atoms with Crippen LogP contribution in [-0.2, 0) is 11.3 Å². The molecule has 1 N–H and O–H groups in total. The minimum atomic E-state index is -0.0946. The minimum Gasteiger partial charge on any atom is -0.355 e. The molecule has 0 spiro atoms. The predicted octanol–water partition coefficient (Wildman–Crippen LogP) is 1.66. The summed E-state index contributed by atoms with van der Waals surface area (Å²) in [6.07, 6.45) is 1.01. The lowest BCUT2D eigenvalue weighted by atomic mass is 10.1. The van der Waals surface area contributed by atoms with Gasteiger partial charge in [-0.25, -0.2) is 0 Å². The maximum Gasteiger partial charge on any atom is 0.251 e. The van der Waals surface area contributed by atoms with E-state index in [9.17, 15) is 9.59 Å². The van der Waals surface area contributed by atoms with Gasteiger partial charge in [0.1, 0.15) is 0 Å². The van der Waals surface area contributed by atoms with Crippen molar-refractivity contribution in [2.45, 2.75) is 19.9 Å². The van der Waals surface area contributed by atoms with Crippen molar-refractivity contribution in [3.05, 3.63) is 35.4 Å². The number of benzene rings is 1. The molecule has 4 heteroatoms. The highest BCUT2D eigenvalue weighted by atomic mass is 16.2. The van der Waals surface area contributed by atoms with Crippen LogP contribution in [0, 0.1) is 11.8 Å². The lowest BCUT2D eigenvalue weighted by Gasteiger charge is -2.17. The Morgan fingerprint density at radius 1 is 1.32 bits per heavy atom. The Morgan fingerprint density at radius 3 is 2.37 bits per heavy atom. The van der Waals surface area contributed by atoms with E-state index < -0.39 is 0 Å². The van der Waals surface area contributed by atoms with Crippen LogP contribution >= 0.6 is 0 Å². The van der Waals surface area contributed by atoms with Crippen molar-refractivity contribution < 1.29 is 9.59 Å². The van der Waals surface area contributed by atoms with Crippen LogP contribution < -0.4 is 5.32 Å². The largest absolute Gasteiger partial charge is 0.355 e. The van der Waals surface area contributed by atoms with E-state index in [0.717, 1.165) is 12.0 Å². The second-order valence-electron chi connectivity index (χ2n) is 5.29. The molecule has 0 aromatic heterocycles. The molecule has 0 heterocycles. The Balaban J connectivity index is 1.95. The van der Waals surface area contributed by atoms with E-state index in [1.807, 2.05) is 19.2 Å². The van der Waals surface area contributed by atoms with Crippen LogP contribution in [0.2, 0.25) is 0 Å². The lowest BCUT2D eigenvalue weighted by molar-refractivity contribution is -0.132. The van der Waals surface area contributed by atoms with Crippen molar-refractivity contribution in [3.8, 4) is 0 Å². The molecule has 1 aliphatic rings. The molecule has 2 atom stereocenters. The van der Waals surface area contributed by atoms with Gasteiger partial charge in [-0.05, 0) is 30.0 Å². The zero-order valence-corrected chi connectivity index (χ0v) is 11.6. The SMILES string of the molecule is CNC(=O)c1ccc(CN(C)C(=O)[C@H]2C[C@H]2C)cc1. The van der Waals surface area contributed by atoms with Gasteiger partial charge in [-0.15, -0.1) is 0 Å². The summed E-state index contributed by atoms with van der Waals surface area (Å²) in [5.74, 6) is 0.881. The Labute approximate surface area is 113 Å². The standard InChI is InChI=1S/C15H20N2O2/c1-10-8-13(10)15(19)17(3)9-11-4-6-12(7-5-11)14(18)16-2/h4-7,10,13H,8-9H2,1-3H3,(H,16,18)/t10-,13+/m1/s1. The maximum atomic E-state index is 12.0. The summed E-state index contributed by atoms with van der Waals surface area (Å²) in [4.78, 5) is 25.2. The predicted molar refractivity (Wildman–Crippen MR) is 73.6 cm³/mol. The van der Waals surface area contributed by atoms with E-state index in [1.165, 1.54) is 0 Å². The summed E-state index contributed by atoms with van der Waals surface area (Å²) in [5.41, 5.74) is 1.67. The monoisotopic (exact) mass is 260 g/mol. The van der Waals surface area contributed by atoms with Crippen LogP contribution in [-0.4, -0.2) is 30.8 Å². The molecule has 2 rings (SSSR count). The number of rotatable bonds is 4. The molecule has 2 amide bonds. The maximum absolute atomic E-state index is 12.0. The molecule has 0 saturated heterocycles. The average Bonchev–Trinajstić information content (AvgIpc) is 3.14. The molecule has 0 bridgehead atoms. The molecule has 0 radical (unpaired) electrons. The van der Waals surface area contributed by atoms with Crippen LogP contribution in [0.25, 0.3) is 0 Å². The van der Waals surface area contributed by atoms with E-state index in [1.54, 1.807) is 24.1 Å². The number of amides is 2. The van der Waals surface area contributed by atoms with E-state index in [2.05, 4.69) is 12.2 Å². The van der Waals surface area contributed by atoms with Gasteiger partial charge in [-0.3, -0.25) is 9.59 Å². The molecule has 1 saturated carbocycles. The highest BCUT2D eigenvalue weighted by molar-refractivity contribution is 5.93.